The molecule has 142 valence electrons. The van der Waals surface area contributed by atoms with Crippen molar-refractivity contribution in [2.75, 3.05) is 13.1 Å². The summed E-state index contributed by atoms with van der Waals surface area (Å²) in [5.74, 6) is 0.0449. The van der Waals surface area contributed by atoms with Crippen LogP contribution in [0.2, 0.25) is 0 Å². The number of benzene rings is 2. The summed E-state index contributed by atoms with van der Waals surface area (Å²) in [4.78, 5) is 14.5. The van der Waals surface area contributed by atoms with Gasteiger partial charge in [0.05, 0.1) is 5.71 Å². The third kappa shape index (κ3) is 5.08. The Kier molecular flexibility index (Phi) is 6.08. The van der Waals surface area contributed by atoms with Crippen LogP contribution < -0.4 is 5.43 Å². The highest BCUT2D eigenvalue weighted by molar-refractivity contribution is 6.01. The number of nitrogens with zero attached hydrogens (tertiary/aromatic N) is 2. The predicted molar refractivity (Wildman–Crippen MR) is 105 cm³/mol. The second-order valence-corrected chi connectivity index (χ2v) is 6.87. The molecule has 1 fully saturated rings. The first kappa shape index (κ1) is 18.9. The van der Waals surface area contributed by atoms with Crippen LogP contribution in [0.25, 0.3) is 0 Å². The zero-order valence-corrected chi connectivity index (χ0v) is 15.5. The Morgan fingerprint density at radius 1 is 1.04 bits per heavy atom. The second-order valence-electron chi connectivity index (χ2n) is 6.87. The second kappa shape index (κ2) is 8.68. The molecule has 0 unspecified atom stereocenters. The number of hydrazone groups is 1. The van der Waals surface area contributed by atoms with E-state index in [1.54, 1.807) is 12.1 Å². The van der Waals surface area contributed by atoms with Crippen LogP contribution in [-0.2, 0) is 6.54 Å². The Morgan fingerprint density at radius 3 is 2.41 bits per heavy atom. The summed E-state index contributed by atoms with van der Waals surface area (Å²) >= 11 is 0. The van der Waals surface area contributed by atoms with Gasteiger partial charge in [0, 0.05) is 17.7 Å². The molecule has 0 saturated carbocycles. The Bertz CT molecular complexity index is 825. The van der Waals surface area contributed by atoms with Crippen LogP contribution in [0, 0.1) is 0 Å². The van der Waals surface area contributed by atoms with Crippen LogP contribution in [-0.4, -0.2) is 39.8 Å². The first-order valence-corrected chi connectivity index (χ1v) is 9.21. The molecule has 3 N–H and O–H groups in total. The number of aromatic hydroxyl groups is 2. The predicted octanol–water partition coefficient (Wildman–Crippen LogP) is 3.24. The SMILES string of the molecule is C/C(=N\NC(=O)c1ccc(O)cc1)c1ccc(O)c(CN2CCCCC2)c1. The number of carbonyl (C=O) groups excluding carboxylic acids is 1. The van der Waals surface area contributed by atoms with Crippen molar-refractivity contribution >= 4 is 11.6 Å². The van der Waals surface area contributed by atoms with E-state index in [-0.39, 0.29) is 17.4 Å². The molecule has 2 aromatic carbocycles. The van der Waals surface area contributed by atoms with Gasteiger partial charge in [-0.3, -0.25) is 9.69 Å². The van der Waals surface area contributed by atoms with Gasteiger partial charge in [-0.15, -0.1) is 0 Å². The number of phenols is 2. The van der Waals surface area contributed by atoms with Crippen molar-refractivity contribution in [1.29, 1.82) is 0 Å². The molecule has 0 spiro atoms. The van der Waals surface area contributed by atoms with E-state index in [1.165, 1.54) is 43.5 Å². The van der Waals surface area contributed by atoms with Gasteiger partial charge in [-0.05, 0) is 80.9 Å². The van der Waals surface area contributed by atoms with Crippen molar-refractivity contribution < 1.29 is 15.0 Å². The summed E-state index contributed by atoms with van der Waals surface area (Å²) in [5, 5.41) is 23.6. The van der Waals surface area contributed by atoms with Gasteiger partial charge in [-0.25, -0.2) is 5.43 Å². The van der Waals surface area contributed by atoms with Crippen LogP contribution >= 0.6 is 0 Å². The highest BCUT2D eigenvalue weighted by Gasteiger charge is 2.13. The highest BCUT2D eigenvalue weighted by Crippen LogP contribution is 2.22. The molecule has 0 aliphatic carbocycles. The van der Waals surface area contributed by atoms with E-state index in [1.807, 2.05) is 13.0 Å². The zero-order chi connectivity index (χ0) is 19.2. The van der Waals surface area contributed by atoms with E-state index < -0.39 is 0 Å². The van der Waals surface area contributed by atoms with Crippen molar-refractivity contribution in [2.45, 2.75) is 32.7 Å². The lowest BCUT2D eigenvalue weighted by Gasteiger charge is -2.26. The van der Waals surface area contributed by atoms with E-state index in [2.05, 4.69) is 15.4 Å². The standard InChI is InChI=1S/C21H25N3O3/c1-15(22-23-21(27)16-5-8-19(25)9-6-16)17-7-10-20(26)18(13-17)14-24-11-3-2-4-12-24/h5-10,13,25-26H,2-4,11-12,14H2,1H3,(H,23,27)/b22-15+. The van der Waals surface area contributed by atoms with E-state index in [9.17, 15) is 15.0 Å². The van der Waals surface area contributed by atoms with E-state index >= 15 is 0 Å². The van der Waals surface area contributed by atoms with Gasteiger partial charge in [-0.1, -0.05) is 6.42 Å². The van der Waals surface area contributed by atoms with Crippen molar-refractivity contribution in [1.82, 2.24) is 10.3 Å². The number of nitrogens with one attached hydrogen (secondary N) is 1. The van der Waals surface area contributed by atoms with Gasteiger partial charge in [-0.2, -0.15) is 5.10 Å². The average Bonchev–Trinajstić information content (AvgIpc) is 2.69. The van der Waals surface area contributed by atoms with Crippen molar-refractivity contribution in [3.63, 3.8) is 0 Å². The molecule has 3 rings (SSSR count). The summed E-state index contributed by atoms with van der Waals surface area (Å²) in [6.45, 7) is 4.64. The normalized spacial score (nSPS) is 15.5. The number of likely N-dealkylation sites (tertiary alicyclic amines) is 1. The first-order chi connectivity index (χ1) is 13.0. The number of carbonyl (C=O) groups is 1. The number of amides is 1. The van der Waals surface area contributed by atoms with Gasteiger partial charge < -0.3 is 10.2 Å². The van der Waals surface area contributed by atoms with Crippen LogP contribution in [0.3, 0.4) is 0 Å². The Labute approximate surface area is 159 Å². The molecule has 1 aliphatic heterocycles. The van der Waals surface area contributed by atoms with Crippen molar-refractivity contribution in [2.24, 2.45) is 5.10 Å². The minimum Gasteiger partial charge on any atom is -0.508 e. The summed E-state index contributed by atoms with van der Waals surface area (Å²) in [7, 11) is 0. The van der Waals surface area contributed by atoms with E-state index in [4.69, 9.17) is 0 Å². The fraction of sp³-hybridized carbons (Fsp3) is 0.333. The summed E-state index contributed by atoms with van der Waals surface area (Å²) in [6.07, 6.45) is 3.67. The Morgan fingerprint density at radius 2 is 1.70 bits per heavy atom. The van der Waals surface area contributed by atoms with Crippen LogP contribution in [0.5, 0.6) is 11.5 Å². The fourth-order valence-corrected chi connectivity index (χ4v) is 3.17. The molecule has 27 heavy (non-hydrogen) atoms. The monoisotopic (exact) mass is 367 g/mol. The smallest absolute Gasteiger partial charge is 0.271 e. The summed E-state index contributed by atoms with van der Waals surface area (Å²) in [5.41, 5.74) is 5.32. The molecule has 1 heterocycles. The molecule has 1 aliphatic rings. The maximum atomic E-state index is 12.1. The summed E-state index contributed by atoms with van der Waals surface area (Å²) < 4.78 is 0. The molecule has 1 amide bonds. The topological polar surface area (TPSA) is 85.2 Å². The van der Waals surface area contributed by atoms with Crippen LogP contribution in [0.4, 0.5) is 0 Å². The lowest BCUT2D eigenvalue weighted by molar-refractivity contribution is 0.0955. The van der Waals surface area contributed by atoms with Crippen LogP contribution in [0.1, 0.15) is 47.7 Å². The number of hydrogen-bond donors (Lipinski definition) is 3. The lowest BCUT2D eigenvalue weighted by atomic mass is 10.0. The van der Waals surface area contributed by atoms with Gasteiger partial charge in [0.1, 0.15) is 11.5 Å². The molecule has 6 nitrogen and oxygen atoms in total. The molecule has 0 aromatic heterocycles. The zero-order valence-electron chi connectivity index (χ0n) is 15.5. The maximum Gasteiger partial charge on any atom is 0.271 e. The van der Waals surface area contributed by atoms with Gasteiger partial charge in [0.15, 0.2) is 0 Å². The van der Waals surface area contributed by atoms with Gasteiger partial charge >= 0.3 is 0 Å². The third-order valence-electron chi connectivity index (χ3n) is 4.79. The van der Waals surface area contributed by atoms with Gasteiger partial charge in [0.2, 0.25) is 0 Å². The summed E-state index contributed by atoms with van der Waals surface area (Å²) in [6, 6.07) is 11.4. The molecule has 2 aromatic rings. The number of hydrogen-bond acceptors (Lipinski definition) is 5. The quantitative estimate of drug-likeness (QED) is 0.559. The first-order valence-electron chi connectivity index (χ1n) is 9.21. The number of rotatable bonds is 5. The van der Waals surface area contributed by atoms with Crippen molar-refractivity contribution in [3.8, 4) is 11.5 Å². The molecule has 0 atom stereocenters. The third-order valence-corrected chi connectivity index (χ3v) is 4.79. The van der Waals surface area contributed by atoms with Crippen molar-refractivity contribution in [3.05, 3.63) is 59.2 Å². The van der Waals surface area contributed by atoms with Crippen LogP contribution in [0.15, 0.2) is 47.6 Å². The lowest BCUT2D eigenvalue weighted by Crippen LogP contribution is -2.29. The minimum absolute atomic E-state index is 0.108. The molecular formula is C21H25N3O3. The number of phenolic OH excluding ortho intramolecular Hbond substituents is 2. The highest BCUT2D eigenvalue weighted by atomic mass is 16.3. The fourth-order valence-electron chi connectivity index (χ4n) is 3.17. The molecule has 0 radical (unpaired) electrons. The average molecular weight is 367 g/mol. The minimum atomic E-state index is -0.346. The molecule has 0 bridgehead atoms. The molecular weight excluding hydrogens is 342 g/mol. The number of piperidine rings is 1. The largest absolute Gasteiger partial charge is 0.508 e. The van der Waals surface area contributed by atoms with Gasteiger partial charge in [0.25, 0.3) is 5.91 Å². The van der Waals surface area contributed by atoms with E-state index in [0.29, 0.717) is 17.8 Å². The van der Waals surface area contributed by atoms with E-state index in [0.717, 1.165) is 24.2 Å². The Hall–Kier alpha value is -2.86. The maximum absolute atomic E-state index is 12.1. The molecule has 1 saturated heterocycles. The Balaban J connectivity index is 1.68. The molecule has 6 heteroatoms.